The van der Waals surface area contributed by atoms with E-state index in [4.69, 9.17) is 4.84 Å². The largest absolute Gasteiger partial charge is 0.348 e. The number of aromatic nitrogens is 2. The van der Waals surface area contributed by atoms with Crippen LogP contribution in [-0.4, -0.2) is 22.6 Å². The molecule has 1 aliphatic heterocycles. The monoisotopic (exact) mass is 153 g/mol. The average Bonchev–Trinajstić information content (AvgIpc) is 2.55. The fourth-order valence-electron chi connectivity index (χ4n) is 1.32. The highest BCUT2D eigenvalue weighted by atomic mass is 16.7. The lowest BCUT2D eigenvalue weighted by molar-refractivity contribution is 0.0898. The second kappa shape index (κ2) is 2.64. The summed E-state index contributed by atoms with van der Waals surface area (Å²) in [6, 6.07) is 0.371. The summed E-state index contributed by atoms with van der Waals surface area (Å²) in [6.45, 7) is 2.82. The Morgan fingerprint density at radius 1 is 1.73 bits per heavy atom. The Hall–Kier alpha value is -0.870. The lowest BCUT2D eigenvalue weighted by atomic mass is 10.0. The molecule has 11 heavy (non-hydrogen) atoms. The average molecular weight is 153 g/mol. The number of rotatable bonds is 1. The summed E-state index contributed by atoms with van der Waals surface area (Å²) in [5.41, 5.74) is 4.05. The summed E-state index contributed by atoms with van der Waals surface area (Å²) in [7, 11) is 0. The number of H-pyrrole nitrogens is 1. The van der Waals surface area contributed by atoms with Crippen LogP contribution in [0.2, 0.25) is 0 Å². The quantitative estimate of drug-likeness (QED) is 0.614. The van der Waals surface area contributed by atoms with Gasteiger partial charge in [0.1, 0.15) is 0 Å². The van der Waals surface area contributed by atoms with Crippen molar-refractivity contribution in [2.45, 2.75) is 18.9 Å². The van der Waals surface area contributed by atoms with Gasteiger partial charge in [-0.3, -0.25) is 0 Å². The maximum atomic E-state index is 5.10. The summed E-state index contributed by atoms with van der Waals surface area (Å²) >= 11 is 0. The van der Waals surface area contributed by atoms with Gasteiger partial charge in [-0.15, -0.1) is 0 Å². The van der Waals surface area contributed by atoms with Crippen LogP contribution in [0.1, 0.15) is 18.5 Å². The van der Waals surface area contributed by atoms with Crippen molar-refractivity contribution in [3.63, 3.8) is 0 Å². The van der Waals surface area contributed by atoms with Gasteiger partial charge < -0.3 is 9.82 Å². The van der Waals surface area contributed by atoms with Gasteiger partial charge in [-0.2, -0.15) is 5.48 Å². The van der Waals surface area contributed by atoms with Crippen LogP contribution < -0.4 is 5.48 Å². The highest BCUT2D eigenvalue weighted by molar-refractivity contribution is 5.07. The van der Waals surface area contributed by atoms with E-state index >= 15 is 0 Å². The molecule has 4 heteroatoms. The van der Waals surface area contributed by atoms with Crippen LogP contribution in [0.15, 0.2) is 12.5 Å². The molecule has 0 amide bonds. The Kier molecular flexibility index (Phi) is 1.63. The predicted octanol–water partition coefficient (Wildman–Crippen LogP) is 0.417. The molecule has 1 aromatic rings. The standard InChI is InChI=1S/C7H11N3O/c1-5-6(3-11-10-5)7-2-8-4-9-7/h2,4-6,10H,3H2,1H3,(H,8,9)/t5?,6-/m0/s1. The van der Waals surface area contributed by atoms with E-state index in [1.54, 1.807) is 6.33 Å². The van der Waals surface area contributed by atoms with Gasteiger partial charge in [0.15, 0.2) is 0 Å². The Bertz CT molecular complexity index is 222. The van der Waals surface area contributed by atoms with Crippen LogP contribution in [-0.2, 0) is 4.84 Å². The number of nitrogens with zero attached hydrogens (tertiary/aromatic N) is 1. The number of nitrogens with one attached hydrogen (secondary N) is 2. The molecule has 0 aliphatic carbocycles. The molecule has 1 saturated heterocycles. The molecule has 0 spiro atoms. The summed E-state index contributed by atoms with van der Waals surface area (Å²) in [4.78, 5) is 12.1. The van der Waals surface area contributed by atoms with E-state index < -0.39 is 0 Å². The van der Waals surface area contributed by atoms with Gasteiger partial charge in [0.25, 0.3) is 0 Å². The molecule has 60 valence electrons. The van der Waals surface area contributed by atoms with Crippen molar-refractivity contribution in [2.24, 2.45) is 0 Å². The predicted molar refractivity (Wildman–Crippen MR) is 39.9 cm³/mol. The zero-order chi connectivity index (χ0) is 7.68. The summed E-state index contributed by atoms with van der Waals surface area (Å²) < 4.78 is 0. The number of hydroxylamine groups is 1. The van der Waals surface area contributed by atoms with Crippen LogP contribution >= 0.6 is 0 Å². The van der Waals surface area contributed by atoms with Crippen molar-refractivity contribution in [3.8, 4) is 0 Å². The molecule has 0 saturated carbocycles. The van der Waals surface area contributed by atoms with Gasteiger partial charge in [0.2, 0.25) is 0 Å². The Labute approximate surface area is 64.9 Å². The third-order valence-corrected chi connectivity index (χ3v) is 2.05. The topological polar surface area (TPSA) is 49.9 Å². The minimum absolute atomic E-state index is 0.371. The molecular weight excluding hydrogens is 142 g/mol. The van der Waals surface area contributed by atoms with Crippen LogP contribution in [0.5, 0.6) is 0 Å². The second-order valence-corrected chi connectivity index (χ2v) is 2.83. The van der Waals surface area contributed by atoms with Gasteiger partial charge in [-0.1, -0.05) is 0 Å². The fourth-order valence-corrected chi connectivity index (χ4v) is 1.32. The first-order valence-corrected chi connectivity index (χ1v) is 3.73. The van der Waals surface area contributed by atoms with E-state index in [0.29, 0.717) is 12.0 Å². The molecule has 2 atom stereocenters. The van der Waals surface area contributed by atoms with Crippen molar-refractivity contribution in [3.05, 3.63) is 18.2 Å². The maximum Gasteiger partial charge on any atom is 0.0921 e. The zero-order valence-electron chi connectivity index (χ0n) is 6.37. The van der Waals surface area contributed by atoms with Crippen LogP contribution in [0, 0.1) is 0 Å². The van der Waals surface area contributed by atoms with Crippen LogP contribution in [0.4, 0.5) is 0 Å². The van der Waals surface area contributed by atoms with E-state index in [1.165, 1.54) is 0 Å². The van der Waals surface area contributed by atoms with Crippen molar-refractivity contribution in [2.75, 3.05) is 6.61 Å². The first-order valence-electron chi connectivity index (χ1n) is 3.73. The Morgan fingerprint density at radius 2 is 2.64 bits per heavy atom. The molecule has 4 nitrogen and oxygen atoms in total. The summed E-state index contributed by atoms with van der Waals surface area (Å²) in [5.74, 6) is 0.414. The lowest BCUT2D eigenvalue weighted by Gasteiger charge is -2.08. The fraction of sp³-hybridized carbons (Fsp3) is 0.571. The first kappa shape index (κ1) is 6.82. The molecule has 2 N–H and O–H groups in total. The van der Waals surface area contributed by atoms with E-state index in [1.807, 2.05) is 6.20 Å². The minimum Gasteiger partial charge on any atom is -0.348 e. The van der Waals surface area contributed by atoms with Crippen LogP contribution in [0.3, 0.4) is 0 Å². The zero-order valence-corrected chi connectivity index (χ0v) is 6.37. The second-order valence-electron chi connectivity index (χ2n) is 2.83. The molecular formula is C7H11N3O. The normalized spacial score (nSPS) is 31.0. The highest BCUT2D eigenvalue weighted by Crippen LogP contribution is 2.21. The molecule has 1 aromatic heterocycles. The molecule has 0 bridgehead atoms. The van der Waals surface area contributed by atoms with E-state index in [0.717, 1.165) is 12.3 Å². The number of hydrogen-bond acceptors (Lipinski definition) is 3. The van der Waals surface area contributed by atoms with Gasteiger partial charge in [-0.05, 0) is 6.92 Å². The van der Waals surface area contributed by atoms with Crippen molar-refractivity contribution < 1.29 is 4.84 Å². The maximum absolute atomic E-state index is 5.10. The summed E-state index contributed by atoms with van der Waals surface area (Å²) in [5, 5.41) is 0. The molecule has 1 aliphatic rings. The third-order valence-electron chi connectivity index (χ3n) is 2.05. The Morgan fingerprint density at radius 3 is 3.18 bits per heavy atom. The molecule has 1 unspecified atom stereocenters. The van der Waals surface area contributed by atoms with E-state index in [9.17, 15) is 0 Å². The Balaban J connectivity index is 2.16. The smallest absolute Gasteiger partial charge is 0.0921 e. The highest BCUT2D eigenvalue weighted by Gasteiger charge is 2.26. The first-order chi connectivity index (χ1) is 5.38. The number of aromatic amines is 1. The SMILES string of the molecule is CC1NOC[C@@H]1c1cnc[nH]1. The van der Waals surface area contributed by atoms with Gasteiger partial charge in [0, 0.05) is 23.9 Å². The third kappa shape index (κ3) is 1.15. The number of imidazole rings is 1. The number of hydrogen-bond donors (Lipinski definition) is 2. The molecule has 2 rings (SSSR count). The minimum atomic E-state index is 0.371. The van der Waals surface area contributed by atoms with Gasteiger partial charge >= 0.3 is 0 Å². The lowest BCUT2D eigenvalue weighted by Crippen LogP contribution is -2.21. The van der Waals surface area contributed by atoms with Gasteiger partial charge in [0.05, 0.1) is 12.9 Å². The van der Waals surface area contributed by atoms with E-state index in [-0.39, 0.29) is 0 Å². The molecule has 0 radical (unpaired) electrons. The van der Waals surface area contributed by atoms with Crippen molar-refractivity contribution in [1.82, 2.24) is 15.4 Å². The summed E-state index contributed by atoms with van der Waals surface area (Å²) in [6.07, 6.45) is 3.54. The van der Waals surface area contributed by atoms with Gasteiger partial charge in [-0.25, -0.2) is 4.98 Å². The van der Waals surface area contributed by atoms with Crippen molar-refractivity contribution >= 4 is 0 Å². The molecule has 1 fully saturated rings. The molecule has 2 heterocycles. The van der Waals surface area contributed by atoms with Crippen LogP contribution in [0.25, 0.3) is 0 Å². The van der Waals surface area contributed by atoms with Crippen molar-refractivity contribution in [1.29, 1.82) is 0 Å². The van der Waals surface area contributed by atoms with E-state index in [2.05, 4.69) is 22.4 Å². The molecule has 0 aromatic carbocycles.